The monoisotopic (exact) mass is 379 g/mol. The molecule has 2 rings (SSSR count). The number of carbonyl (C=O) groups excluding carboxylic acids is 1. The Morgan fingerprint density at radius 3 is 2.54 bits per heavy atom. The molecule has 0 spiro atoms. The molecular formula is C19H19ClFNO4. The molecule has 7 heteroatoms. The lowest BCUT2D eigenvalue weighted by atomic mass is 10.0. The van der Waals surface area contributed by atoms with E-state index in [1.54, 1.807) is 18.2 Å². The highest BCUT2D eigenvalue weighted by Crippen LogP contribution is 2.17. The first-order valence-corrected chi connectivity index (χ1v) is 8.33. The lowest BCUT2D eigenvalue weighted by Gasteiger charge is -2.15. The second-order valence-electron chi connectivity index (χ2n) is 5.99. The van der Waals surface area contributed by atoms with Crippen LogP contribution in [0.15, 0.2) is 36.4 Å². The zero-order chi connectivity index (χ0) is 19.3. The molecule has 138 valence electrons. The molecular weight excluding hydrogens is 361 g/mol. The van der Waals surface area contributed by atoms with E-state index in [9.17, 15) is 19.1 Å². The summed E-state index contributed by atoms with van der Waals surface area (Å²) in [5.41, 5.74) is 2.41. The number of amides is 1. The molecule has 0 radical (unpaired) electrons. The van der Waals surface area contributed by atoms with Crippen molar-refractivity contribution in [2.45, 2.75) is 32.4 Å². The smallest absolute Gasteiger partial charge is 0.326 e. The lowest BCUT2D eigenvalue weighted by molar-refractivity contribution is -0.141. The van der Waals surface area contributed by atoms with Crippen molar-refractivity contribution in [1.29, 1.82) is 0 Å². The average molecular weight is 380 g/mol. The van der Waals surface area contributed by atoms with E-state index in [-0.39, 0.29) is 30.0 Å². The second kappa shape index (κ2) is 8.78. The van der Waals surface area contributed by atoms with E-state index in [0.29, 0.717) is 5.56 Å². The van der Waals surface area contributed by atoms with Gasteiger partial charge in [0.1, 0.15) is 11.9 Å². The maximum Gasteiger partial charge on any atom is 0.326 e. The van der Waals surface area contributed by atoms with Gasteiger partial charge in [-0.15, -0.1) is 0 Å². The number of hydrogen-bond donors (Lipinski definition) is 3. The molecule has 2 aromatic carbocycles. The summed E-state index contributed by atoms with van der Waals surface area (Å²) in [6.07, 6.45) is -0.232. The number of carboxylic acids is 1. The summed E-state index contributed by atoms with van der Waals surface area (Å²) in [5.74, 6) is -2.33. The number of aryl methyl sites for hydroxylation is 1. The molecule has 0 unspecified atom stereocenters. The van der Waals surface area contributed by atoms with Gasteiger partial charge in [-0.3, -0.25) is 4.79 Å². The molecule has 0 aliphatic carbocycles. The Bertz CT molecular complexity index is 825. The Kier molecular flexibility index (Phi) is 6.71. The first kappa shape index (κ1) is 19.9. The van der Waals surface area contributed by atoms with Gasteiger partial charge in [-0.05, 0) is 47.4 Å². The summed E-state index contributed by atoms with van der Waals surface area (Å²) in [7, 11) is 0. The third kappa shape index (κ3) is 5.28. The van der Waals surface area contributed by atoms with Crippen molar-refractivity contribution in [3.8, 4) is 0 Å². The largest absolute Gasteiger partial charge is 0.480 e. The fourth-order valence-corrected chi connectivity index (χ4v) is 2.79. The van der Waals surface area contributed by atoms with Gasteiger partial charge < -0.3 is 15.5 Å². The Morgan fingerprint density at radius 2 is 1.92 bits per heavy atom. The molecule has 1 amide bonds. The Hall–Kier alpha value is -2.44. The van der Waals surface area contributed by atoms with Crippen molar-refractivity contribution in [2.24, 2.45) is 0 Å². The highest BCUT2D eigenvalue weighted by Gasteiger charge is 2.22. The van der Waals surface area contributed by atoms with E-state index in [1.807, 2.05) is 6.92 Å². The zero-order valence-corrected chi connectivity index (χ0v) is 14.9. The molecule has 3 N–H and O–H groups in total. The van der Waals surface area contributed by atoms with Crippen molar-refractivity contribution in [2.75, 3.05) is 0 Å². The summed E-state index contributed by atoms with van der Waals surface area (Å²) in [5, 5.41) is 21.2. The summed E-state index contributed by atoms with van der Waals surface area (Å²) in [6, 6.07) is 7.77. The van der Waals surface area contributed by atoms with Gasteiger partial charge in [-0.2, -0.15) is 0 Å². The Labute approximate surface area is 155 Å². The molecule has 0 bridgehead atoms. The van der Waals surface area contributed by atoms with Gasteiger partial charge in [0.25, 0.3) is 0 Å². The van der Waals surface area contributed by atoms with Gasteiger partial charge in [0.05, 0.1) is 13.0 Å². The topological polar surface area (TPSA) is 86.6 Å². The lowest BCUT2D eigenvalue weighted by Crippen LogP contribution is -2.43. The number of rotatable bonds is 7. The molecule has 0 aliphatic heterocycles. The van der Waals surface area contributed by atoms with E-state index in [1.165, 1.54) is 12.1 Å². The van der Waals surface area contributed by atoms with Crippen molar-refractivity contribution in [3.63, 3.8) is 0 Å². The van der Waals surface area contributed by atoms with Crippen LogP contribution in [0, 0.1) is 12.7 Å². The molecule has 0 saturated carbocycles. The molecule has 0 aliphatic rings. The average Bonchev–Trinajstić information content (AvgIpc) is 2.57. The van der Waals surface area contributed by atoms with Crippen molar-refractivity contribution >= 4 is 23.5 Å². The molecule has 0 saturated heterocycles. The quantitative estimate of drug-likeness (QED) is 0.690. The second-order valence-corrected chi connectivity index (χ2v) is 6.43. The van der Waals surface area contributed by atoms with Crippen LogP contribution in [0.3, 0.4) is 0 Å². The molecule has 0 fully saturated rings. The fraction of sp³-hybridized carbons (Fsp3) is 0.263. The predicted octanol–water partition coefficient (Wildman–Crippen LogP) is 2.63. The number of carboxylic acid groups (broad SMARTS) is 1. The summed E-state index contributed by atoms with van der Waals surface area (Å²) < 4.78 is 13.8. The Morgan fingerprint density at radius 1 is 1.19 bits per heavy atom. The SMILES string of the molecule is Cc1cc(CC(=O)N[C@@H](Cc2cc(Cl)ccc2F)C(=O)O)ccc1CO. The molecule has 0 aromatic heterocycles. The van der Waals surface area contributed by atoms with Crippen molar-refractivity contribution in [1.82, 2.24) is 5.32 Å². The number of aliphatic carboxylic acids is 1. The minimum Gasteiger partial charge on any atom is -0.480 e. The van der Waals surface area contributed by atoms with Crippen molar-refractivity contribution < 1.29 is 24.2 Å². The number of hydrogen-bond acceptors (Lipinski definition) is 3. The van der Waals surface area contributed by atoms with Crippen LogP contribution in [0.4, 0.5) is 4.39 Å². The van der Waals surface area contributed by atoms with Crippen LogP contribution in [0.25, 0.3) is 0 Å². The van der Waals surface area contributed by atoms with E-state index in [2.05, 4.69) is 5.32 Å². The molecule has 26 heavy (non-hydrogen) atoms. The van der Waals surface area contributed by atoms with Crippen LogP contribution in [-0.2, 0) is 29.0 Å². The van der Waals surface area contributed by atoms with Crippen LogP contribution in [0.5, 0.6) is 0 Å². The summed E-state index contributed by atoms with van der Waals surface area (Å²) in [4.78, 5) is 23.6. The van der Waals surface area contributed by atoms with E-state index in [4.69, 9.17) is 16.7 Å². The van der Waals surface area contributed by atoms with Crippen LogP contribution < -0.4 is 5.32 Å². The van der Waals surface area contributed by atoms with Gasteiger partial charge in [0, 0.05) is 11.4 Å². The van der Waals surface area contributed by atoms with Gasteiger partial charge >= 0.3 is 5.97 Å². The highest BCUT2D eigenvalue weighted by atomic mass is 35.5. The summed E-state index contributed by atoms with van der Waals surface area (Å²) >= 11 is 5.81. The number of benzene rings is 2. The number of halogens is 2. The predicted molar refractivity (Wildman–Crippen MR) is 95.5 cm³/mol. The van der Waals surface area contributed by atoms with E-state index < -0.39 is 23.7 Å². The van der Waals surface area contributed by atoms with Crippen LogP contribution >= 0.6 is 11.6 Å². The zero-order valence-electron chi connectivity index (χ0n) is 14.1. The fourth-order valence-electron chi connectivity index (χ4n) is 2.60. The first-order chi connectivity index (χ1) is 12.3. The van der Waals surface area contributed by atoms with Gasteiger partial charge in [-0.25, -0.2) is 9.18 Å². The third-order valence-electron chi connectivity index (χ3n) is 4.01. The maximum absolute atomic E-state index is 13.8. The normalized spacial score (nSPS) is 11.8. The van der Waals surface area contributed by atoms with Gasteiger partial charge in [0.15, 0.2) is 0 Å². The van der Waals surface area contributed by atoms with E-state index in [0.717, 1.165) is 17.2 Å². The number of carbonyl (C=O) groups is 2. The minimum absolute atomic E-state index is 0.0195. The summed E-state index contributed by atoms with van der Waals surface area (Å²) in [6.45, 7) is 1.72. The van der Waals surface area contributed by atoms with Gasteiger partial charge in [-0.1, -0.05) is 29.8 Å². The van der Waals surface area contributed by atoms with Gasteiger partial charge in [0.2, 0.25) is 5.91 Å². The van der Waals surface area contributed by atoms with E-state index >= 15 is 0 Å². The van der Waals surface area contributed by atoms with Crippen LogP contribution in [0.2, 0.25) is 5.02 Å². The maximum atomic E-state index is 13.8. The van der Waals surface area contributed by atoms with Crippen molar-refractivity contribution in [3.05, 3.63) is 69.5 Å². The first-order valence-electron chi connectivity index (χ1n) is 7.95. The molecule has 0 heterocycles. The minimum atomic E-state index is -1.27. The molecule has 1 atom stereocenters. The molecule has 5 nitrogen and oxygen atoms in total. The number of nitrogens with one attached hydrogen (secondary N) is 1. The highest BCUT2D eigenvalue weighted by molar-refractivity contribution is 6.30. The third-order valence-corrected chi connectivity index (χ3v) is 4.24. The standard InChI is InChI=1S/C19H19ClFNO4/c1-11-6-12(2-3-13(11)10-23)7-18(24)22-17(19(25)26)9-14-8-15(20)4-5-16(14)21/h2-6,8,17,23H,7,9-10H2,1H3,(H,22,24)(H,25,26)/t17-/m0/s1. The number of aliphatic hydroxyl groups is 1. The molecule has 2 aromatic rings. The van der Waals surface area contributed by atoms with Crippen LogP contribution in [-0.4, -0.2) is 28.1 Å². The Balaban J connectivity index is 2.07. The number of aliphatic hydroxyl groups excluding tert-OH is 1. The van der Waals surface area contributed by atoms with Crippen LogP contribution in [0.1, 0.15) is 22.3 Å².